The summed E-state index contributed by atoms with van der Waals surface area (Å²) in [5.74, 6) is 0.977. The minimum atomic E-state index is 0.0423. The van der Waals surface area contributed by atoms with E-state index in [-0.39, 0.29) is 5.56 Å². The van der Waals surface area contributed by atoms with Gasteiger partial charge in [0.05, 0.1) is 18.4 Å². The van der Waals surface area contributed by atoms with Crippen molar-refractivity contribution < 1.29 is 0 Å². The molecule has 8 heteroatoms. The van der Waals surface area contributed by atoms with Crippen molar-refractivity contribution >= 4 is 11.5 Å². The van der Waals surface area contributed by atoms with Gasteiger partial charge in [-0.2, -0.15) is 14.7 Å². The molecule has 31 heavy (non-hydrogen) atoms. The van der Waals surface area contributed by atoms with E-state index in [2.05, 4.69) is 20.3 Å². The highest BCUT2D eigenvalue weighted by Crippen LogP contribution is 2.20. The quantitative estimate of drug-likeness (QED) is 0.659. The van der Waals surface area contributed by atoms with Crippen LogP contribution in [0.25, 0.3) is 5.65 Å². The summed E-state index contributed by atoms with van der Waals surface area (Å²) in [5, 5.41) is 12.7. The van der Waals surface area contributed by atoms with Gasteiger partial charge in [-0.25, -0.2) is 9.67 Å². The Morgan fingerprint density at radius 1 is 1.13 bits per heavy atom. The maximum atomic E-state index is 12.5. The lowest BCUT2D eigenvalue weighted by Gasteiger charge is -2.36. The summed E-state index contributed by atoms with van der Waals surface area (Å²) in [7, 11) is 0. The Kier molecular flexibility index (Phi) is 5.72. The molecule has 164 valence electrons. The van der Waals surface area contributed by atoms with Crippen LogP contribution < -0.4 is 10.9 Å². The van der Waals surface area contributed by atoms with Gasteiger partial charge in [0.2, 0.25) is 0 Å². The van der Waals surface area contributed by atoms with E-state index < -0.39 is 0 Å². The van der Waals surface area contributed by atoms with E-state index in [9.17, 15) is 4.79 Å². The molecule has 1 aliphatic heterocycles. The fourth-order valence-corrected chi connectivity index (χ4v) is 4.96. The zero-order valence-corrected chi connectivity index (χ0v) is 18.3. The zero-order chi connectivity index (χ0) is 21.2. The molecule has 0 saturated carbocycles. The number of anilines is 1. The molecular formula is C23H31N7O. The molecule has 1 N–H and O–H groups in total. The molecule has 2 aliphatic rings. The first-order chi connectivity index (χ1) is 15.2. The average molecular weight is 422 g/mol. The predicted octanol–water partition coefficient (Wildman–Crippen LogP) is 2.44. The third-order valence-electron chi connectivity index (χ3n) is 6.63. The molecule has 1 fully saturated rings. The summed E-state index contributed by atoms with van der Waals surface area (Å²) >= 11 is 0. The third kappa shape index (κ3) is 4.35. The van der Waals surface area contributed by atoms with Crippen molar-refractivity contribution in [2.75, 3.05) is 25.0 Å². The molecule has 3 aromatic heterocycles. The number of fused-ring (bicyclic) bond motifs is 2. The van der Waals surface area contributed by atoms with Crippen LogP contribution in [-0.2, 0) is 19.4 Å². The lowest BCUT2D eigenvalue weighted by atomic mass is 9.97. The first-order valence-electron chi connectivity index (χ1n) is 11.6. The summed E-state index contributed by atoms with van der Waals surface area (Å²) in [6, 6.07) is 6.22. The number of nitrogens with one attached hydrogen (secondary N) is 1. The van der Waals surface area contributed by atoms with Gasteiger partial charge in [-0.15, -0.1) is 0 Å². The van der Waals surface area contributed by atoms with E-state index in [1.807, 2.05) is 29.6 Å². The van der Waals surface area contributed by atoms with Crippen molar-refractivity contribution in [3.63, 3.8) is 0 Å². The van der Waals surface area contributed by atoms with Gasteiger partial charge in [0.1, 0.15) is 5.82 Å². The van der Waals surface area contributed by atoms with Crippen molar-refractivity contribution in [3.05, 3.63) is 51.7 Å². The molecule has 4 heterocycles. The van der Waals surface area contributed by atoms with Crippen LogP contribution in [0.1, 0.15) is 49.1 Å². The van der Waals surface area contributed by atoms with Crippen LogP contribution in [0.15, 0.2) is 29.2 Å². The number of hydrogen-bond donors (Lipinski definition) is 1. The highest BCUT2D eigenvalue weighted by Gasteiger charge is 2.23. The van der Waals surface area contributed by atoms with Gasteiger partial charge >= 0.3 is 0 Å². The second-order valence-corrected chi connectivity index (χ2v) is 8.84. The summed E-state index contributed by atoms with van der Waals surface area (Å²) < 4.78 is 3.54. The van der Waals surface area contributed by atoms with E-state index >= 15 is 0 Å². The van der Waals surface area contributed by atoms with Gasteiger partial charge in [-0.05, 0) is 57.6 Å². The van der Waals surface area contributed by atoms with Crippen molar-refractivity contribution in [2.24, 2.45) is 0 Å². The Hall–Kier alpha value is -2.74. The van der Waals surface area contributed by atoms with Gasteiger partial charge in [-0.1, -0.05) is 6.42 Å². The van der Waals surface area contributed by atoms with Crippen LogP contribution in [0.3, 0.4) is 0 Å². The number of nitrogens with zero attached hydrogens (tertiary/aromatic N) is 6. The summed E-state index contributed by atoms with van der Waals surface area (Å²) in [6.07, 6.45) is 9.73. The molecule has 1 saturated heterocycles. The van der Waals surface area contributed by atoms with Crippen molar-refractivity contribution in [2.45, 2.75) is 64.5 Å². The fraction of sp³-hybridized carbons (Fsp3) is 0.565. The number of piperidine rings is 1. The number of aryl methyl sites for hydroxylation is 3. The number of rotatable bonds is 6. The first kappa shape index (κ1) is 20.2. The van der Waals surface area contributed by atoms with E-state index in [0.717, 1.165) is 67.3 Å². The summed E-state index contributed by atoms with van der Waals surface area (Å²) in [5.41, 5.74) is 4.17. The molecule has 1 atom stereocenters. The lowest BCUT2D eigenvalue weighted by molar-refractivity contribution is 0.147. The largest absolute Gasteiger partial charge is 0.368 e. The average Bonchev–Trinajstić information content (AvgIpc) is 3.25. The SMILES string of the molecule is Cc1cc(NCC2CCCCN2CCn2nc3c(cc2=O)CCCC3)n2nccc2n1. The van der Waals surface area contributed by atoms with E-state index in [4.69, 9.17) is 5.10 Å². The van der Waals surface area contributed by atoms with Crippen LogP contribution in [-0.4, -0.2) is 55.0 Å². The first-order valence-corrected chi connectivity index (χ1v) is 11.6. The second-order valence-electron chi connectivity index (χ2n) is 8.84. The van der Waals surface area contributed by atoms with Gasteiger partial charge in [0.15, 0.2) is 5.65 Å². The standard InChI is InChI=1S/C23H31N7O/c1-17-14-22(30-21(26-17)9-10-25-30)24-16-19-7-4-5-11-28(19)12-13-29-23(31)15-18-6-2-3-8-20(18)27-29/h9-10,14-15,19,24H,2-8,11-13,16H2,1H3. The lowest BCUT2D eigenvalue weighted by Crippen LogP contribution is -2.46. The highest BCUT2D eigenvalue weighted by molar-refractivity contribution is 5.48. The molecule has 0 aromatic carbocycles. The van der Waals surface area contributed by atoms with Crippen molar-refractivity contribution in [1.29, 1.82) is 0 Å². The molecule has 1 aliphatic carbocycles. The smallest absolute Gasteiger partial charge is 0.267 e. The molecule has 0 bridgehead atoms. The Bertz CT molecular complexity index is 1120. The van der Waals surface area contributed by atoms with Gasteiger partial charge in [0.25, 0.3) is 5.56 Å². The Morgan fingerprint density at radius 2 is 2.03 bits per heavy atom. The van der Waals surface area contributed by atoms with Crippen molar-refractivity contribution in [3.8, 4) is 0 Å². The molecule has 0 spiro atoms. The van der Waals surface area contributed by atoms with E-state index in [1.54, 1.807) is 10.9 Å². The minimum Gasteiger partial charge on any atom is -0.368 e. The zero-order valence-electron chi connectivity index (χ0n) is 18.3. The Labute approximate surface area is 182 Å². The Morgan fingerprint density at radius 3 is 2.97 bits per heavy atom. The second kappa shape index (κ2) is 8.78. The number of likely N-dealkylation sites (tertiary alicyclic amines) is 1. The molecule has 0 radical (unpaired) electrons. The topological polar surface area (TPSA) is 80.4 Å². The Balaban J connectivity index is 1.26. The van der Waals surface area contributed by atoms with Gasteiger partial charge < -0.3 is 5.32 Å². The fourth-order valence-electron chi connectivity index (χ4n) is 4.96. The van der Waals surface area contributed by atoms with Crippen LogP contribution in [0.2, 0.25) is 0 Å². The van der Waals surface area contributed by atoms with E-state index in [0.29, 0.717) is 12.6 Å². The molecular weight excluding hydrogens is 390 g/mol. The molecule has 1 unspecified atom stereocenters. The van der Waals surface area contributed by atoms with Gasteiger partial charge in [-0.3, -0.25) is 9.69 Å². The molecule has 8 nitrogen and oxygen atoms in total. The maximum Gasteiger partial charge on any atom is 0.267 e. The van der Waals surface area contributed by atoms with Crippen LogP contribution in [0.4, 0.5) is 5.82 Å². The molecule has 0 amide bonds. The number of hydrogen-bond acceptors (Lipinski definition) is 6. The van der Waals surface area contributed by atoms with Crippen LogP contribution in [0, 0.1) is 6.92 Å². The maximum absolute atomic E-state index is 12.5. The highest BCUT2D eigenvalue weighted by atomic mass is 16.1. The van der Waals surface area contributed by atoms with Crippen LogP contribution >= 0.6 is 0 Å². The molecule has 5 rings (SSSR count). The minimum absolute atomic E-state index is 0.0423. The monoisotopic (exact) mass is 421 g/mol. The molecule has 3 aromatic rings. The van der Waals surface area contributed by atoms with Crippen LogP contribution in [0.5, 0.6) is 0 Å². The van der Waals surface area contributed by atoms with Crippen molar-refractivity contribution in [1.82, 2.24) is 29.3 Å². The summed E-state index contributed by atoms with van der Waals surface area (Å²) in [6.45, 7) is 5.43. The third-order valence-corrected chi connectivity index (χ3v) is 6.63. The summed E-state index contributed by atoms with van der Waals surface area (Å²) in [4.78, 5) is 19.6. The normalized spacial score (nSPS) is 19.5. The number of aromatic nitrogens is 5. The van der Waals surface area contributed by atoms with E-state index in [1.165, 1.54) is 25.7 Å². The van der Waals surface area contributed by atoms with Gasteiger partial charge in [0, 0.05) is 43.0 Å². The predicted molar refractivity (Wildman–Crippen MR) is 121 cm³/mol.